The monoisotopic (exact) mass is 251 g/mol. The van der Waals surface area contributed by atoms with Gasteiger partial charge in [-0.1, -0.05) is 6.07 Å². The van der Waals surface area contributed by atoms with Crippen LogP contribution in [0.15, 0.2) is 18.2 Å². The number of benzene rings is 1. The van der Waals surface area contributed by atoms with Crippen LogP contribution < -0.4 is 0 Å². The first-order valence-corrected chi connectivity index (χ1v) is 5.85. The summed E-state index contributed by atoms with van der Waals surface area (Å²) in [6, 6.07) is 4.87. The molecule has 1 aromatic heterocycles. The topological polar surface area (TPSA) is 33.6 Å². The Morgan fingerprint density at radius 3 is 2.76 bits per heavy atom. The van der Waals surface area contributed by atoms with Crippen LogP contribution in [0.2, 0.25) is 0 Å². The minimum atomic E-state index is -0.192. The summed E-state index contributed by atoms with van der Waals surface area (Å²) in [7, 11) is 0. The number of halogens is 1. The van der Waals surface area contributed by atoms with Gasteiger partial charge in [-0.05, 0) is 55.7 Å². The lowest BCUT2D eigenvalue weighted by Gasteiger charge is -2.07. The SMILES string of the molecule is Cc1cc(F)ccc1CCn1c(C)n[nH]c1=S. The summed E-state index contributed by atoms with van der Waals surface area (Å²) >= 11 is 5.13. The smallest absolute Gasteiger partial charge is 0.195 e. The lowest BCUT2D eigenvalue weighted by molar-refractivity contribution is 0.622. The fraction of sp³-hybridized carbons (Fsp3) is 0.333. The van der Waals surface area contributed by atoms with E-state index in [1.165, 1.54) is 6.07 Å². The molecule has 17 heavy (non-hydrogen) atoms. The molecule has 0 amide bonds. The Labute approximate surface area is 104 Å². The molecule has 2 aromatic rings. The molecule has 0 radical (unpaired) electrons. The van der Waals surface area contributed by atoms with Crippen molar-refractivity contribution in [2.24, 2.45) is 0 Å². The van der Waals surface area contributed by atoms with Crippen molar-refractivity contribution < 1.29 is 4.39 Å². The van der Waals surface area contributed by atoms with Gasteiger partial charge in [0, 0.05) is 6.54 Å². The number of hydrogen-bond donors (Lipinski definition) is 1. The third-order valence-corrected chi connectivity index (χ3v) is 3.17. The molecule has 0 aliphatic heterocycles. The largest absolute Gasteiger partial charge is 0.304 e. The van der Waals surface area contributed by atoms with Crippen molar-refractivity contribution in [3.8, 4) is 0 Å². The van der Waals surface area contributed by atoms with Gasteiger partial charge in [0.25, 0.3) is 0 Å². The number of hydrogen-bond acceptors (Lipinski definition) is 2. The molecule has 0 aliphatic rings. The molecule has 1 heterocycles. The van der Waals surface area contributed by atoms with E-state index >= 15 is 0 Å². The first-order valence-electron chi connectivity index (χ1n) is 5.45. The molecule has 1 aromatic carbocycles. The quantitative estimate of drug-likeness (QED) is 0.851. The number of aryl methyl sites for hydroxylation is 3. The Kier molecular flexibility index (Phi) is 3.38. The third-order valence-electron chi connectivity index (χ3n) is 2.86. The maximum atomic E-state index is 13.0. The first-order chi connectivity index (χ1) is 8.08. The van der Waals surface area contributed by atoms with Gasteiger partial charge in [-0.15, -0.1) is 0 Å². The molecule has 0 atom stereocenters. The van der Waals surface area contributed by atoms with E-state index in [1.54, 1.807) is 6.07 Å². The standard InChI is InChI=1S/C12H14FN3S/c1-8-7-11(13)4-3-10(8)5-6-16-9(2)14-15-12(16)17/h3-4,7H,5-6H2,1-2H3,(H,15,17). The van der Waals surface area contributed by atoms with Gasteiger partial charge in [-0.25, -0.2) is 4.39 Å². The molecule has 2 rings (SSSR count). The van der Waals surface area contributed by atoms with Crippen LogP contribution in [0.5, 0.6) is 0 Å². The molecule has 5 heteroatoms. The second kappa shape index (κ2) is 4.79. The van der Waals surface area contributed by atoms with E-state index in [-0.39, 0.29) is 5.82 Å². The summed E-state index contributed by atoms with van der Waals surface area (Å²) in [5, 5.41) is 6.80. The summed E-state index contributed by atoms with van der Waals surface area (Å²) in [6.45, 7) is 4.58. The summed E-state index contributed by atoms with van der Waals surface area (Å²) in [5.41, 5.74) is 2.10. The minimum Gasteiger partial charge on any atom is -0.304 e. The molecular weight excluding hydrogens is 237 g/mol. The van der Waals surface area contributed by atoms with Gasteiger partial charge < -0.3 is 4.57 Å². The molecule has 0 bridgehead atoms. The van der Waals surface area contributed by atoms with Crippen molar-refractivity contribution in [1.82, 2.24) is 14.8 Å². The van der Waals surface area contributed by atoms with Crippen molar-refractivity contribution in [1.29, 1.82) is 0 Å². The van der Waals surface area contributed by atoms with Crippen molar-refractivity contribution in [2.75, 3.05) is 0 Å². The number of rotatable bonds is 3. The summed E-state index contributed by atoms with van der Waals surface area (Å²) in [4.78, 5) is 0. The van der Waals surface area contributed by atoms with Crippen molar-refractivity contribution in [2.45, 2.75) is 26.8 Å². The highest BCUT2D eigenvalue weighted by Crippen LogP contribution is 2.12. The average molecular weight is 251 g/mol. The number of aromatic amines is 1. The molecule has 0 saturated carbocycles. The fourth-order valence-electron chi connectivity index (χ4n) is 1.83. The second-order valence-corrected chi connectivity index (χ2v) is 4.44. The summed E-state index contributed by atoms with van der Waals surface area (Å²) in [5.74, 6) is 0.678. The van der Waals surface area contributed by atoms with Crippen molar-refractivity contribution in [3.63, 3.8) is 0 Å². The summed E-state index contributed by atoms with van der Waals surface area (Å²) in [6.07, 6.45) is 0.820. The fourth-order valence-corrected chi connectivity index (χ4v) is 2.10. The number of aromatic nitrogens is 3. The lowest BCUT2D eigenvalue weighted by Crippen LogP contribution is -2.04. The van der Waals surface area contributed by atoms with Gasteiger partial charge in [0.15, 0.2) is 4.77 Å². The normalized spacial score (nSPS) is 10.8. The Bertz CT molecular complexity index is 586. The molecule has 0 unspecified atom stereocenters. The van der Waals surface area contributed by atoms with Crippen LogP contribution in [0.25, 0.3) is 0 Å². The Morgan fingerprint density at radius 1 is 1.41 bits per heavy atom. The highest BCUT2D eigenvalue weighted by Gasteiger charge is 2.04. The van der Waals surface area contributed by atoms with Crippen molar-refractivity contribution in [3.05, 3.63) is 45.7 Å². The van der Waals surface area contributed by atoms with E-state index in [2.05, 4.69) is 10.2 Å². The van der Waals surface area contributed by atoms with E-state index in [1.807, 2.05) is 24.5 Å². The zero-order valence-electron chi connectivity index (χ0n) is 9.83. The molecular formula is C12H14FN3S. The molecule has 3 nitrogen and oxygen atoms in total. The van der Waals surface area contributed by atoms with Crippen LogP contribution in [0, 0.1) is 24.4 Å². The molecule has 0 aliphatic carbocycles. The lowest BCUT2D eigenvalue weighted by atomic mass is 10.1. The molecule has 90 valence electrons. The van der Waals surface area contributed by atoms with E-state index in [4.69, 9.17) is 12.2 Å². The van der Waals surface area contributed by atoms with E-state index in [0.29, 0.717) is 4.77 Å². The van der Waals surface area contributed by atoms with Crippen LogP contribution >= 0.6 is 12.2 Å². The van der Waals surface area contributed by atoms with Crippen LogP contribution in [0.3, 0.4) is 0 Å². The number of H-pyrrole nitrogens is 1. The second-order valence-electron chi connectivity index (χ2n) is 4.05. The van der Waals surface area contributed by atoms with Crippen LogP contribution in [0.1, 0.15) is 17.0 Å². The number of nitrogens with one attached hydrogen (secondary N) is 1. The van der Waals surface area contributed by atoms with Gasteiger partial charge >= 0.3 is 0 Å². The van der Waals surface area contributed by atoms with E-state index in [9.17, 15) is 4.39 Å². The maximum absolute atomic E-state index is 13.0. The highest BCUT2D eigenvalue weighted by molar-refractivity contribution is 7.71. The predicted molar refractivity (Wildman–Crippen MR) is 67.0 cm³/mol. The highest BCUT2D eigenvalue weighted by atomic mass is 32.1. The van der Waals surface area contributed by atoms with E-state index < -0.39 is 0 Å². The summed E-state index contributed by atoms with van der Waals surface area (Å²) < 4.78 is 15.5. The predicted octanol–water partition coefficient (Wildman–Crippen LogP) is 2.94. The molecule has 0 spiro atoms. The van der Waals surface area contributed by atoms with Gasteiger partial charge in [0.05, 0.1) is 0 Å². The Balaban J connectivity index is 2.15. The van der Waals surface area contributed by atoms with Crippen LogP contribution in [-0.2, 0) is 13.0 Å². The molecule has 0 saturated heterocycles. The number of nitrogens with zero attached hydrogens (tertiary/aromatic N) is 2. The molecule has 0 fully saturated rings. The average Bonchev–Trinajstić information content (AvgIpc) is 2.58. The van der Waals surface area contributed by atoms with Crippen molar-refractivity contribution >= 4 is 12.2 Å². The van der Waals surface area contributed by atoms with Crippen LogP contribution in [-0.4, -0.2) is 14.8 Å². The zero-order valence-corrected chi connectivity index (χ0v) is 10.6. The third kappa shape index (κ3) is 2.61. The molecule has 1 N–H and O–H groups in total. The van der Waals surface area contributed by atoms with Gasteiger partial charge in [0.1, 0.15) is 11.6 Å². The minimum absolute atomic E-state index is 0.192. The van der Waals surface area contributed by atoms with Gasteiger partial charge in [0.2, 0.25) is 0 Å². The Hall–Kier alpha value is -1.49. The first kappa shape index (κ1) is 12.0. The Morgan fingerprint density at radius 2 is 2.18 bits per heavy atom. The van der Waals surface area contributed by atoms with E-state index in [0.717, 1.165) is 29.9 Å². The van der Waals surface area contributed by atoms with Gasteiger partial charge in [-0.3, -0.25) is 5.10 Å². The zero-order chi connectivity index (χ0) is 12.4. The van der Waals surface area contributed by atoms with Gasteiger partial charge in [-0.2, -0.15) is 5.10 Å². The van der Waals surface area contributed by atoms with Crippen LogP contribution in [0.4, 0.5) is 4.39 Å². The maximum Gasteiger partial charge on any atom is 0.195 e.